The molecule has 0 bridgehead atoms. The van der Waals surface area contributed by atoms with Crippen LogP contribution in [0, 0.1) is 6.92 Å². The van der Waals surface area contributed by atoms with Crippen LogP contribution in [0.5, 0.6) is 0 Å². The van der Waals surface area contributed by atoms with Crippen LogP contribution in [0.2, 0.25) is 5.28 Å². The summed E-state index contributed by atoms with van der Waals surface area (Å²) in [5.74, 6) is 0. The number of nitrogens with zero attached hydrogens (tertiary/aromatic N) is 3. The Morgan fingerprint density at radius 2 is 2.05 bits per heavy atom. The molecule has 3 aromatic rings. The van der Waals surface area contributed by atoms with E-state index in [0.717, 1.165) is 28.7 Å². The minimum absolute atomic E-state index is 0.534. The molecule has 0 spiro atoms. The Balaban J connectivity index is 2.34. The largest absolute Gasteiger partial charge is 0.315 e. The van der Waals surface area contributed by atoms with Gasteiger partial charge in [-0.1, -0.05) is 12.1 Å². The van der Waals surface area contributed by atoms with E-state index < -0.39 is 0 Å². The topological polar surface area (TPSA) is 30.7 Å². The van der Waals surface area contributed by atoms with Crippen molar-refractivity contribution in [1.82, 2.24) is 14.5 Å². The van der Waals surface area contributed by atoms with Crippen LogP contribution >= 0.6 is 11.6 Å². The second-order valence-corrected chi connectivity index (χ2v) is 4.83. The molecule has 0 radical (unpaired) electrons. The van der Waals surface area contributed by atoms with E-state index in [4.69, 9.17) is 11.6 Å². The molecule has 0 aliphatic heterocycles. The lowest BCUT2D eigenvalue weighted by Gasteiger charge is -2.06. The summed E-state index contributed by atoms with van der Waals surface area (Å²) in [5.41, 5.74) is 5.37. The summed E-state index contributed by atoms with van der Waals surface area (Å²) >= 11 is 6.20. The molecule has 0 saturated carbocycles. The molecule has 0 amide bonds. The Morgan fingerprint density at radius 1 is 1.21 bits per heavy atom. The minimum atomic E-state index is 0.534. The Morgan fingerprint density at radius 3 is 2.79 bits per heavy atom. The van der Waals surface area contributed by atoms with Gasteiger partial charge in [0.15, 0.2) is 0 Å². The Labute approximate surface area is 116 Å². The Bertz CT molecular complexity index is 746. The smallest absolute Gasteiger partial charge is 0.203 e. The van der Waals surface area contributed by atoms with Gasteiger partial charge in [-0.2, -0.15) is 0 Å². The molecule has 0 aliphatic carbocycles. The maximum Gasteiger partial charge on any atom is 0.203 e. The number of hydrogen-bond donors (Lipinski definition) is 0. The van der Waals surface area contributed by atoms with E-state index in [0.29, 0.717) is 5.28 Å². The maximum absolute atomic E-state index is 6.20. The number of benzene rings is 1. The number of imidazole rings is 1. The number of hydrogen-bond acceptors (Lipinski definition) is 2. The van der Waals surface area contributed by atoms with E-state index in [1.807, 2.05) is 29.0 Å². The Kier molecular flexibility index (Phi) is 2.99. The predicted octanol–water partition coefficient (Wildman–Crippen LogP) is 4.08. The van der Waals surface area contributed by atoms with Crippen molar-refractivity contribution in [3.05, 3.63) is 47.5 Å². The van der Waals surface area contributed by atoms with E-state index in [-0.39, 0.29) is 0 Å². The summed E-state index contributed by atoms with van der Waals surface area (Å²) in [6.45, 7) is 4.95. The van der Waals surface area contributed by atoms with Crippen molar-refractivity contribution in [1.29, 1.82) is 0 Å². The van der Waals surface area contributed by atoms with Gasteiger partial charge in [0.05, 0.1) is 11.0 Å². The van der Waals surface area contributed by atoms with Crippen molar-refractivity contribution >= 4 is 22.6 Å². The fourth-order valence-electron chi connectivity index (χ4n) is 2.38. The molecular weight excluding hydrogens is 258 g/mol. The second kappa shape index (κ2) is 4.67. The summed E-state index contributed by atoms with van der Waals surface area (Å²) in [6, 6.07) is 8.16. The number of aromatic nitrogens is 3. The van der Waals surface area contributed by atoms with E-state index in [9.17, 15) is 0 Å². The highest BCUT2D eigenvalue weighted by atomic mass is 35.5. The van der Waals surface area contributed by atoms with Crippen molar-refractivity contribution < 1.29 is 0 Å². The molecule has 2 heterocycles. The van der Waals surface area contributed by atoms with Crippen molar-refractivity contribution in [2.75, 3.05) is 0 Å². The molecule has 4 heteroatoms. The van der Waals surface area contributed by atoms with Crippen LogP contribution < -0.4 is 0 Å². The predicted molar refractivity (Wildman–Crippen MR) is 78.4 cm³/mol. The SMILES string of the molecule is CCn1c(Cl)nc2c(-c3cnccc3C)cccc21. The highest BCUT2D eigenvalue weighted by Crippen LogP contribution is 2.31. The summed E-state index contributed by atoms with van der Waals surface area (Å²) in [5, 5.41) is 0.534. The van der Waals surface area contributed by atoms with Gasteiger partial charge in [0.2, 0.25) is 5.28 Å². The van der Waals surface area contributed by atoms with Gasteiger partial charge in [-0.25, -0.2) is 4.98 Å². The molecule has 0 fully saturated rings. The van der Waals surface area contributed by atoms with Crippen LogP contribution in [0.15, 0.2) is 36.7 Å². The monoisotopic (exact) mass is 271 g/mol. The van der Waals surface area contributed by atoms with Crippen molar-refractivity contribution in [3.63, 3.8) is 0 Å². The van der Waals surface area contributed by atoms with E-state index in [1.165, 1.54) is 5.56 Å². The molecular formula is C15H14ClN3. The minimum Gasteiger partial charge on any atom is -0.315 e. The van der Waals surface area contributed by atoms with Crippen LogP contribution in [-0.4, -0.2) is 14.5 Å². The molecule has 0 unspecified atom stereocenters. The lowest BCUT2D eigenvalue weighted by Crippen LogP contribution is -1.93. The first-order chi connectivity index (χ1) is 9.22. The highest BCUT2D eigenvalue weighted by molar-refractivity contribution is 6.29. The third kappa shape index (κ3) is 1.90. The maximum atomic E-state index is 6.20. The zero-order valence-electron chi connectivity index (χ0n) is 10.9. The third-order valence-corrected chi connectivity index (χ3v) is 3.67. The number of aryl methyl sites for hydroxylation is 2. The standard InChI is InChI=1S/C15H14ClN3/c1-3-19-13-6-4-5-11(14(13)18-15(19)16)12-9-17-8-7-10(12)2/h4-9H,3H2,1-2H3. The van der Waals surface area contributed by atoms with Crippen LogP contribution in [0.25, 0.3) is 22.2 Å². The van der Waals surface area contributed by atoms with Crippen LogP contribution in [0.4, 0.5) is 0 Å². The molecule has 19 heavy (non-hydrogen) atoms. The molecule has 0 aliphatic rings. The van der Waals surface area contributed by atoms with Gasteiger partial charge in [0, 0.05) is 30.1 Å². The lowest BCUT2D eigenvalue weighted by atomic mass is 10.0. The van der Waals surface area contributed by atoms with Gasteiger partial charge in [-0.15, -0.1) is 0 Å². The van der Waals surface area contributed by atoms with Crippen LogP contribution in [-0.2, 0) is 6.54 Å². The molecule has 3 rings (SSSR count). The van der Waals surface area contributed by atoms with E-state index in [2.05, 4.69) is 29.9 Å². The molecule has 1 aromatic carbocycles. The van der Waals surface area contributed by atoms with E-state index in [1.54, 1.807) is 6.20 Å². The fraction of sp³-hybridized carbons (Fsp3) is 0.200. The summed E-state index contributed by atoms with van der Waals surface area (Å²) < 4.78 is 2.01. The van der Waals surface area contributed by atoms with Gasteiger partial charge in [-0.05, 0) is 43.1 Å². The zero-order valence-corrected chi connectivity index (χ0v) is 11.6. The number of rotatable bonds is 2. The highest BCUT2D eigenvalue weighted by Gasteiger charge is 2.13. The zero-order chi connectivity index (χ0) is 13.4. The van der Waals surface area contributed by atoms with Crippen LogP contribution in [0.3, 0.4) is 0 Å². The van der Waals surface area contributed by atoms with Crippen molar-refractivity contribution in [2.24, 2.45) is 0 Å². The van der Waals surface area contributed by atoms with Gasteiger partial charge < -0.3 is 4.57 Å². The average molecular weight is 272 g/mol. The third-order valence-electron chi connectivity index (χ3n) is 3.38. The molecule has 0 N–H and O–H groups in total. The summed E-state index contributed by atoms with van der Waals surface area (Å²) in [6.07, 6.45) is 3.68. The van der Waals surface area contributed by atoms with Gasteiger partial charge in [-0.3, -0.25) is 4.98 Å². The molecule has 0 saturated heterocycles. The molecule has 96 valence electrons. The van der Waals surface area contributed by atoms with Crippen molar-refractivity contribution in [2.45, 2.75) is 20.4 Å². The molecule has 3 nitrogen and oxygen atoms in total. The van der Waals surface area contributed by atoms with Crippen LogP contribution in [0.1, 0.15) is 12.5 Å². The first-order valence-corrected chi connectivity index (χ1v) is 6.66. The first kappa shape index (κ1) is 12.2. The molecule has 2 aromatic heterocycles. The summed E-state index contributed by atoms with van der Waals surface area (Å²) in [7, 11) is 0. The molecule has 0 atom stereocenters. The number of pyridine rings is 1. The normalized spacial score (nSPS) is 11.1. The quantitative estimate of drug-likeness (QED) is 0.703. The lowest BCUT2D eigenvalue weighted by molar-refractivity contribution is 0.788. The van der Waals surface area contributed by atoms with Gasteiger partial charge >= 0.3 is 0 Å². The van der Waals surface area contributed by atoms with E-state index >= 15 is 0 Å². The second-order valence-electron chi connectivity index (χ2n) is 4.49. The van der Waals surface area contributed by atoms with Gasteiger partial charge in [0.25, 0.3) is 0 Å². The fourth-order valence-corrected chi connectivity index (χ4v) is 2.68. The van der Waals surface area contributed by atoms with Gasteiger partial charge in [0.1, 0.15) is 0 Å². The number of para-hydroxylation sites is 1. The Hall–Kier alpha value is -1.87. The number of fused-ring (bicyclic) bond motifs is 1. The first-order valence-electron chi connectivity index (χ1n) is 6.28. The average Bonchev–Trinajstić information content (AvgIpc) is 2.74. The van der Waals surface area contributed by atoms with Crippen molar-refractivity contribution in [3.8, 4) is 11.1 Å². The summed E-state index contributed by atoms with van der Waals surface area (Å²) in [4.78, 5) is 8.71. The number of halogens is 1.